The standard InChI is InChI=1S/C15H21N3O2S.ClH/c1-10(15(20)17-9-12-7-16-8-12)21-14-5-3-13(4-6-14)18-11(2)19;/h3-6,10,12,16H,7-9H2,1-2H3,(H,17,20)(H,18,19);1H. The molecule has 1 aromatic carbocycles. The molecule has 0 radical (unpaired) electrons. The summed E-state index contributed by atoms with van der Waals surface area (Å²) in [6, 6.07) is 7.51. The fourth-order valence-electron chi connectivity index (χ4n) is 1.96. The summed E-state index contributed by atoms with van der Waals surface area (Å²) < 4.78 is 0. The average molecular weight is 344 g/mol. The van der Waals surface area contributed by atoms with Crippen LogP contribution in [0.25, 0.3) is 0 Å². The summed E-state index contributed by atoms with van der Waals surface area (Å²) in [5.74, 6) is 0.551. The minimum absolute atomic E-state index is 0. The maximum atomic E-state index is 12.0. The molecule has 1 aliphatic rings. The summed E-state index contributed by atoms with van der Waals surface area (Å²) in [6.07, 6.45) is 0. The SMILES string of the molecule is CC(=O)Nc1ccc(SC(C)C(=O)NCC2CNC2)cc1.Cl. The highest BCUT2D eigenvalue weighted by Gasteiger charge is 2.19. The van der Waals surface area contributed by atoms with Gasteiger partial charge in [-0.2, -0.15) is 0 Å². The quantitative estimate of drug-likeness (QED) is 0.690. The molecule has 122 valence electrons. The van der Waals surface area contributed by atoms with Crippen molar-refractivity contribution in [1.82, 2.24) is 10.6 Å². The van der Waals surface area contributed by atoms with Gasteiger partial charge in [-0.3, -0.25) is 9.59 Å². The third kappa shape index (κ3) is 5.87. The van der Waals surface area contributed by atoms with E-state index >= 15 is 0 Å². The highest BCUT2D eigenvalue weighted by atomic mass is 35.5. The summed E-state index contributed by atoms with van der Waals surface area (Å²) >= 11 is 1.52. The predicted octanol–water partition coefficient (Wildman–Crippen LogP) is 1.88. The molecule has 1 heterocycles. The van der Waals surface area contributed by atoms with E-state index in [4.69, 9.17) is 0 Å². The normalized spacial score (nSPS) is 15.2. The Bertz CT molecular complexity index is 506. The van der Waals surface area contributed by atoms with Crippen molar-refractivity contribution in [3.63, 3.8) is 0 Å². The van der Waals surface area contributed by atoms with Crippen LogP contribution in [0.3, 0.4) is 0 Å². The van der Waals surface area contributed by atoms with E-state index in [1.165, 1.54) is 18.7 Å². The fourth-order valence-corrected chi connectivity index (χ4v) is 2.85. The average Bonchev–Trinajstić information content (AvgIpc) is 2.38. The van der Waals surface area contributed by atoms with Crippen LogP contribution in [0, 0.1) is 5.92 Å². The number of nitrogens with one attached hydrogen (secondary N) is 3. The first-order valence-electron chi connectivity index (χ1n) is 7.07. The monoisotopic (exact) mass is 343 g/mol. The van der Waals surface area contributed by atoms with Crippen LogP contribution in [0.2, 0.25) is 0 Å². The van der Waals surface area contributed by atoms with E-state index < -0.39 is 0 Å². The van der Waals surface area contributed by atoms with E-state index in [1.807, 2.05) is 31.2 Å². The van der Waals surface area contributed by atoms with E-state index in [1.54, 1.807) is 0 Å². The van der Waals surface area contributed by atoms with Gasteiger partial charge in [-0.1, -0.05) is 0 Å². The molecule has 2 amide bonds. The molecule has 2 rings (SSSR count). The van der Waals surface area contributed by atoms with Gasteiger partial charge in [0, 0.05) is 43.1 Å². The minimum atomic E-state index is -0.135. The minimum Gasteiger partial charge on any atom is -0.355 e. The molecule has 0 aromatic heterocycles. The van der Waals surface area contributed by atoms with Crippen LogP contribution in [0.1, 0.15) is 13.8 Å². The Morgan fingerprint density at radius 2 is 1.95 bits per heavy atom. The lowest BCUT2D eigenvalue weighted by molar-refractivity contribution is -0.120. The van der Waals surface area contributed by atoms with Crippen LogP contribution in [0.15, 0.2) is 29.2 Å². The highest BCUT2D eigenvalue weighted by molar-refractivity contribution is 8.00. The van der Waals surface area contributed by atoms with E-state index in [2.05, 4.69) is 16.0 Å². The van der Waals surface area contributed by atoms with Crippen LogP contribution >= 0.6 is 24.2 Å². The molecule has 1 unspecified atom stereocenters. The molecule has 1 atom stereocenters. The van der Waals surface area contributed by atoms with Crippen LogP contribution in [0.4, 0.5) is 5.69 Å². The predicted molar refractivity (Wildman–Crippen MR) is 92.7 cm³/mol. The number of anilines is 1. The first-order valence-corrected chi connectivity index (χ1v) is 7.95. The molecule has 7 heteroatoms. The number of benzene rings is 1. The maximum Gasteiger partial charge on any atom is 0.233 e. The van der Waals surface area contributed by atoms with Gasteiger partial charge in [-0.05, 0) is 31.2 Å². The van der Waals surface area contributed by atoms with Gasteiger partial charge in [0.2, 0.25) is 11.8 Å². The van der Waals surface area contributed by atoms with Gasteiger partial charge in [0.05, 0.1) is 5.25 Å². The zero-order valence-corrected chi connectivity index (χ0v) is 14.4. The zero-order chi connectivity index (χ0) is 15.2. The van der Waals surface area contributed by atoms with Crippen molar-refractivity contribution in [2.24, 2.45) is 5.92 Å². The number of amides is 2. The Labute approximate surface area is 141 Å². The molecule has 5 nitrogen and oxygen atoms in total. The number of rotatable bonds is 6. The van der Waals surface area contributed by atoms with Gasteiger partial charge in [-0.25, -0.2) is 0 Å². The molecule has 1 fully saturated rings. The summed E-state index contributed by atoms with van der Waals surface area (Å²) in [5, 5.41) is 8.76. The van der Waals surface area contributed by atoms with E-state index in [9.17, 15) is 9.59 Å². The van der Waals surface area contributed by atoms with Crippen molar-refractivity contribution in [1.29, 1.82) is 0 Å². The van der Waals surface area contributed by atoms with Crippen LogP contribution < -0.4 is 16.0 Å². The molecule has 1 aromatic rings. The third-order valence-electron chi connectivity index (χ3n) is 3.29. The van der Waals surface area contributed by atoms with Crippen molar-refractivity contribution < 1.29 is 9.59 Å². The molecule has 1 aliphatic heterocycles. The van der Waals surface area contributed by atoms with Crippen molar-refractivity contribution in [2.45, 2.75) is 24.0 Å². The summed E-state index contributed by atoms with van der Waals surface area (Å²) in [5.41, 5.74) is 0.765. The third-order valence-corrected chi connectivity index (χ3v) is 4.40. The molecular weight excluding hydrogens is 322 g/mol. The molecule has 0 saturated carbocycles. The van der Waals surface area contributed by atoms with Crippen molar-refractivity contribution in [3.8, 4) is 0 Å². The van der Waals surface area contributed by atoms with E-state index in [0.29, 0.717) is 5.92 Å². The van der Waals surface area contributed by atoms with E-state index in [-0.39, 0.29) is 29.5 Å². The number of carbonyl (C=O) groups is 2. The van der Waals surface area contributed by atoms with Crippen molar-refractivity contribution in [2.75, 3.05) is 25.0 Å². The molecule has 0 aliphatic carbocycles. The Balaban J connectivity index is 0.00000242. The number of halogens is 1. The van der Waals surface area contributed by atoms with Gasteiger partial charge in [0.25, 0.3) is 0 Å². The molecule has 0 spiro atoms. The van der Waals surface area contributed by atoms with Crippen LogP contribution in [-0.2, 0) is 9.59 Å². The number of hydrogen-bond donors (Lipinski definition) is 3. The lowest BCUT2D eigenvalue weighted by Gasteiger charge is -2.27. The number of hydrogen-bond acceptors (Lipinski definition) is 4. The molecule has 0 bridgehead atoms. The second kappa shape index (κ2) is 9.02. The van der Waals surface area contributed by atoms with Gasteiger partial charge in [0.15, 0.2) is 0 Å². The highest BCUT2D eigenvalue weighted by Crippen LogP contribution is 2.24. The van der Waals surface area contributed by atoms with Gasteiger partial charge < -0.3 is 16.0 Å². The van der Waals surface area contributed by atoms with Crippen LogP contribution in [0.5, 0.6) is 0 Å². The fraction of sp³-hybridized carbons (Fsp3) is 0.467. The Kier molecular flexibility index (Phi) is 7.72. The van der Waals surface area contributed by atoms with Gasteiger partial charge >= 0.3 is 0 Å². The van der Waals surface area contributed by atoms with Gasteiger partial charge in [0.1, 0.15) is 0 Å². The molecule has 3 N–H and O–H groups in total. The van der Waals surface area contributed by atoms with Crippen LogP contribution in [-0.4, -0.2) is 36.7 Å². The summed E-state index contributed by atoms with van der Waals surface area (Å²) in [4.78, 5) is 24.0. The second-order valence-electron chi connectivity index (χ2n) is 5.24. The largest absolute Gasteiger partial charge is 0.355 e. The first-order chi connectivity index (χ1) is 10.0. The maximum absolute atomic E-state index is 12.0. The Morgan fingerprint density at radius 3 is 2.45 bits per heavy atom. The summed E-state index contributed by atoms with van der Waals surface area (Å²) in [7, 11) is 0. The summed E-state index contributed by atoms with van der Waals surface area (Å²) in [6.45, 7) is 6.12. The van der Waals surface area contributed by atoms with Crippen molar-refractivity contribution >= 4 is 41.7 Å². The lowest BCUT2D eigenvalue weighted by Crippen LogP contribution is -2.49. The molecular formula is C15H22ClN3O2S. The Hall–Kier alpha value is -1.24. The zero-order valence-electron chi connectivity index (χ0n) is 12.7. The number of thioether (sulfide) groups is 1. The first kappa shape index (κ1) is 18.8. The topological polar surface area (TPSA) is 70.2 Å². The smallest absolute Gasteiger partial charge is 0.233 e. The van der Waals surface area contributed by atoms with Crippen molar-refractivity contribution in [3.05, 3.63) is 24.3 Å². The molecule has 1 saturated heterocycles. The Morgan fingerprint density at radius 1 is 1.32 bits per heavy atom. The molecule has 22 heavy (non-hydrogen) atoms. The van der Waals surface area contributed by atoms with E-state index in [0.717, 1.165) is 30.2 Å². The number of carbonyl (C=O) groups excluding carboxylic acids is 2. The lowest BCUT2D eigenvalue weighted by atomic mass is 10.0. The second-order valence-corrected chi connectivity index (χ2v) is 6.65. The van der Waals surface area contributed by atoms with Gasteiger partial charge in [-0.15, -0.1) is 24.2 Å².